The zero-order chi connectivity index (χ0) is 8.97. The van der Waals surface area contributed by atoms with Gasteiger partial charge in [0.1, 0.15) is 0 Å². The first-order chi connectivity index (χ1) is 5.74. The van der Waals surface area contributed by atoms with Crippen LogP contribution in [0.25, 0.3) is 0 Å². The molecule has 0 radical (unpaired) electrons. The van der Waals surface area contributed by atoms with Gasteiger partial charge in [-0.05, 0) is 46.3 Å². The van der Waals surface area contributed by atoms with Gasteiger partial charge >= 0.3 is 0 Å². The standard InChI is InChI=1S/C10H22N2/c1-4-11-10-6-5-9(2)12(3)8-7-10/h9-11H,4-8H2,1-3H3. The van der Waals surface area contributed by atoms with Crippen molar-refractivity contribution in [3.8, 4) is 0 Å². The normalized spacial score (nSPS) is 33.2. The molecular formula is C10H22N2. The van der Waals surface area contributed by atoms with E-state index in [9.17, 15) is 0 Å². The van der Waals surface area contributed by atoms with Gasteiger partial charge in [0.2, 0.25) is 0 Å². The highest BCUT2D eigenvalue weighted by Gasteiger charge is 2.18. The van der Waals surface area contributed by atoms with Crippen molar-refractivity contribution >= 4 is 0 Å². The molecule has 1 aliphatic heterocycles. The molecule has 0 bridgehead atoms. The zero-order valence-corrected chi connectivity index (χ0v) is 8.64. The fourth-order valence-corrected chi connectivity index (χ4v) is 1.88. The summed E-state index contributed by atoms with van der Waals surface area (Å²) in [5.74, 6) is 0. The molecule has 2 nitrogen and oxygen atoms in total. The average molecular weight is 170 g/mol. The minimum absolute atomic E-state index is 0.766. The summed E-state index contributed by atoms with van der Waals surface area (Å²) in [7, 11) is 2.24. The van der Waals surface area contributed by atoms with E-state index in [2.05, 4.69) is 31.1 Å². The lowest BCUT2D eigenvalue weighted by atomic mass is 10.1. The quantitative estimate of drug-likeness (QED) is 0.675. The van der Waals surface area contributed by atoms with Gasteiger partial charge in [-0.2, -0.15) is 0 Å². The molecule has 2 heteroatoms. The van der Waals surface area contributed by atoms with Crippen LogP contribution in [0.4, 0.5) is 0 Å². The lowest BCUT2D eigenvalue weighted by molar-refractivity contribution is 0.263. The SMILES string of the molecule is CCNC1CCC(C)N(C)CC1. The van der Waals surface area contributed by atoms with Crippen molar-refractivity contribution in [1.82, 2.24) is 10.2 Å². The molecule has 0 saturated carbocycles. The van der Waals surface area contributed by atoms with Gasteiger partial charge in [0.15, 0.2) is 0 Å². The largest absolute Gasteiger partial charge is 0.314 e. The molecule has 1 rings (SSSR count). The van der Waals surface area contributed by atoms with Crippen LogP contribution in [0.3, 0.4) is 0 Å². The number of hydrogen-bond donors (Lipinski definition) is 1. The van der Waals surface area contributed by atoms with Gasteiger partial charge in [-0.3, -0.25) is 0 Å². The molecule has 1 N–H and O–H groups in total. The molecule has 0 amide bonds. The maximum absolute atomic E-state index is 3.54. The van der Waals surface area contributed by atoms with Crippen LogP contribution in [0.2, 0.25) is 0 Å². The highest BCUT2D eigenvalue weighted by atomic mass is 15.1. The minimum atomic E-state index is 0.766. The Kier molecular flexibility index (Phi) is 4.02. The number of likely N-dealkylation sites (tertiary alicyclic amines) is 1. The van der Waals surface area contributed by atoms with Crippen molar-refractivity contribution in [1.29, 1.82) is 0 Å². The van der Waals surface area contributed by atoms with Crippen LogP contribution in [0.1, 0.15) is 33.1 Å². The van der Waals surface area contributed by atoms with E-state index in [0.29, 0.717) is 0 Å². The van der Waals surface area contributed by atoms with Gasteiger partial charge in [-0.25, -0.2) is 0 Å². The lowest BCUT2D eigenvalue weighted by Gasteiger charge is -2.20. The Bertz CT molecular complexity index is 113. The Balaban J connectivity index is 2.33. The lowest BCUT2D eigenvalue weighted by Crippen LogP contribution is -2.30. The molecule has 0 aliphatic carbocycles. The van der Waals surface area contributed by atoms with Gasteiger partial charge in [0.25, 0.3) is 0 Å². The zero-order valence-electron chi connectivity index (χ0n) is 8.64. The molecule has 1 fully saturated rings. The molecule has 2 atom stereocenters. The van der Waals surface area contributed by atoms with E-state index in [1.807, 2.05) is 0 Å². The van der Waals surface area contributed by atoms with Crippen LogP contribution >= 0.6 is 0 Å². The molecule has 1 aliphatic rings. The van der Waals surface area contributed by atoms with Gasteiger partial charge in [-0.15, -0.1) is 0 Å². The van der Waals surface area contributed by atoms with Gasteiger partial charge in [-0.1, -0.05) is 6.92 Å². The summed E-state index contributed by atoms with van der Waals surface area (Å²) in [6.07, 6.45) is 4.00. The van der Waals surface area contributed by atoms with E-state index in [-0.39, 0.29) is 0 Å². The monoisotopic (exact) mass is 170 g/mol. The van der Waals surface area contributed by atoms with Crippen LogP contribution in [0.5, 0.6) is 0 Å². The minimum Gasteiger partial charge on any atom is -0.314 e. The fraction of sp³-hybridized carbons (Fsp3) is 1.00. The number of hydrogen-bond acceptors (Lipinski definition) is 2. The van der Waals surface area contributed by atoms with E-state index in [1.54, 1.807) is 0 Å². The number of nitrogens with one attached hydrogen (secondary N) is 1. The third kappa shape index (κ3) is 2.76. The average Bonchev–Trinajstić information content (AvgIpc) is 2.20. The van der Waals surface area contributed by atoms with E-state index < -0.39 is 0 Å². The van der Waals surface area contributed by atoms with E-state index in [4.69, 9.17) is 0 Å². The summed E-state index contributed by atoms with van der Waals surface area (Å²) in [6, 6.07) is 1.54. The third-order valence-corrected chi connectivity index (χ3v) is 3.01. The van der Waals surface area contributed by atoms with Gasteiger partial charge < -0.3 is 10.2 Å². The van der Waals surface area contributed by atoms with Crippen molar-refractivity contribution in [2.75, 3.05) is 20.1 Å². The topological polar surface area (TPSA) is 15.3 Å². The molecule has 1 heterocycles. The second-order valence-electron chi connectivity index (χ2n) is 3.95. The molecule has 0 aromatic carbocycles. The van der Waals surface area contributed by atoms with Crippen molar-refractivity contribution < 1.29 is 0 Å². The first-order valence-corrected chi connectivity index (χ1v) is 5.17. The van der Waals surface area contributed by atoms with Crippen molar-refractivity contribution in [3.05, 3.63) is 0 Å². The number of rotatable bonds is 2. The maximum Gasteiger partial charge on any atom is 0.00796 e. The van der Waals surface area contributed by atoms with E-state index in [1.165, 1.54) is 25.8 Å². The second kappa shape index (κ2) is 4.83. The predicted molar refractivity (Wildman–Crippen MR) is 53.4 cm³/mol. The van der Waals surface area contributed by atoms with Crippen LogP contribution in [-0.2, 0) is 0 Å². The first kappa shape index (κ1) is 10.0. The first-order valence-electron chi connectivity index (χ1n) is 5.17. The summed E-state index contributed by atoms with van der Waals surface area (Å²) in [4.78, 5) is 2.47. The molecule has 1 saturated heterocycles. The molecule has 0 aromatic heterocycles. The predicted octanol–water partition coefficient (Wildman–Crippen LogP) is 1.47. The maximum atomic E-state index is 3.54. The van der Waals surface area contributed by atoms with Crippen molar-refractivity contribution in [3.63, 3.8) is 0 Å². The molecule has 2 unspecified atom stereocenters. The Morgan fingerprint density at radius 3 is 2.75 bits per heavy atom. The van der Waals surface area contributed by atoms with Gasteiger partial charge in [0, 0.05) is 12.1 Å². The number of nitrogens with zero attached hydrogens (tertiary/aromatic N) is 1. The van der Waals surface area contributed by atoms with Gasteiger partial charge in [0.05, 0.1) is 0 Å². The van der Waals surface area contributed by atoms with Crippen molar-refractivity contribution in [2.45, 2.75) is 45.2 Å². The van der Waals surface area contributed by atoms with Crippen LogP contribution in [0.15, 0.2) is 0 Å². The molecule has 72 valence electrons. The van der Waals surface area contributed by atoms with Crippen LogP contribution in [0, 0.1) is 0 Å². The molecule has 0 aromatic rings. The van der Waals surface area contributed by atoms with Crippen LogP contribution in [-0.4, -0.2) is 37.1 Å². The third-order valence-electron chi connectivity index (χ3n) is 3.01. The Morgan fingerprint density at radius 2 is 2.08 bits per heavy atom. The molecular weight excluding hydrogens is 148 g/mol. The Hall–Kier alpha value is -0.0800. The second-order valence-corrected chi connectivity index (χ2v) is 3.95. The summed E-state index contributed by atoms with van der Waals surface area (Å²) in [5.41, 5.74) is 0. The summed E-state index contributed by atoms with van der Waals surface area (Å²) in [5, 5.41) is 3.54. The molecule has 12 heavy (non-hydrogen) atoms. The molecule has 0 spiro atoms. The highest BCUT2D eigenvalue weighted by Crippen LogP contribution is 2.14. The smallest absolute Gasteiger partial charge is 0.00796 e. The van der Waals surface area contributed by atoms with E-state index >= 15 is 0 Å². The fourth-order valence-electron chi connectivity index (χ4n) is 1.88. The Labute approximate surface area is 76.3 Å². The van der Waals surface area contributed by atoms with E-state index in [0.717, 1.165) is 18.6 Å². The van der Waals surface area contributed by atoms with Crippen molar-refractivity contribution in [2.24, 2.45) is 0 Å². The summed E-state index contributed by atoms with van der Waals surface area (Å²) in [6.45, 7) is 6.88. The summed E-state index contributed by atoms with van der Waals surface area (Å²) < 4.78 is 0. The highest BCUT2D eigenvalue weighted by molar-refractivity contribution is 4.77. The Morgan fingerprint density at radius 1 is 1.33 bits per heavy atom. The van der Waals surface area contributed by atoms with Crippen LogP contribution < -0.4 is 5.32 Å². The summed E-state index contributed by atoms with van der Waals surface area (Å²) >= 11 is 0.